The van der Waals surface area contributed by atoms with Crippen LogP contribution in [0.4, 0.5) is 0 Å². The van der Waals surface area contributed by atoms with Crippen LogP contribution in [0.25, 0.3) is 0 Å². The molecule has 0 amide bonds. The number of esters is 1. The zero-order valence-corrected chi connectivity index (χ0v) is 17.4. The van der Waals surface area contributed by atoms with Crippen molar-refractivity contribution in [2.45, 2.75) is 90.4 Å². The van der Waals surface area contributed by atoms with E-state index in [0.29, 0.717) is 13.0 Å². The summed E-state index contributed by atoms with van der Waals surface area (Å²) in [5.74, 6) is 2.59. The van der Waals surface area contributed by atoms with Crippen molar-refractivity contribution in [3.8, 4) is 5.75 Å². The fraction of sp³-hybridized carbons (Fsp3) is 0.708. The Kier molecular flexibility index (Phi) is 10.3. The van der Waals surface area contributed by atoms with Crippen molar-refractivity contribution in [3.63, 3.8) is 0 Å². The average molecular weight is 375 g/mol. The number of carbonyl (C=O) groups is 1. The van der Waals surface area contributed by atoms with E-state index in [-0.39, 0.29) is 5.97 Å². The summed E-state index contributed by atoms with van der Waals surface area (Å²) in [7, 11) is 0. The summed E-state index contributed by atoms with van der Waals surface area (Å²) in [6.45, 7) is 5.44. The van der Waals surface area contributed by atoms with Crippen LogP contribution in [0.1, 0.15) is 96.0 Å². The van der Waals surface area contributed by atoms with Crippen LogP contribution in [0.5, 0.6) is 5.75 Å². The normalized spacial score (nSPS) is 19.6. The van der Waals surface area contributed by atoms with E-state index in [1.54, 1.807) is 0 Å². The van der Waals surface area contributed by atoms with Gasteiger partial charge in [-0.3, -0.25) is 4.79 Å². The van der Waals surface area contributed by atoms with E-state index in [4.69, 9.17) is 9.47 Å². The molecule has 0 N–H and O–H groups in total. The van der Waals surface area contributed by atoms with Gasteiger partial charge in [0, 0.05) is 6.42 Å². The van der Waals surface area contributed by atoms with Crippen LogP contribution in [-0.2, 0) is 9.53 Å². The predicted octanol–water partition coefficient (Wildman–Crippen LogP) is 6.65. The highest BCUT2D eigenvalue weighted by Crippen LogP contribution is 2.37. The Labute approximate surface area is 165 Å². The van der Waals surface area contributed by atoms with E-state index in [9.17, 15) is 4.79 Å². The minimum Gasteiger partial charge on any atom is -0.494 e. The third-order valence-electron chi connectivity index (χ3n) is 5.75. The maximum Gasteiger partial charge on any atom is 0.305 e. The monoisotopic (exact) mass is 374 g/mol. The molecule has 1 saturated carbocycles. The smallest absolute Gasteiger partial charge is 0.305 e. The topological polar surface area (TPSA) is 35.5 Å². The van der Waals surface area contributed by atoms with Crippen LogP contribution >= 0.6 is 0 Å². The summed E-state index contributed by atoms with van der Waals surface area (Å²) in [4.78, 5) is 11.0. The molecule has 1 aromatic carbocycles. The Hall–Kier alpha value is -1.51. The van der Waals surface area contributed by atoms with Gasteiger partial charge in [-0.1, -0.05) is 38.8 Å². The van der Waals surface area contributed by atoms with Gasteiger partial charge in [0.05, 0.1) is 13.2 Å². The fourth-order valence-electron chi connectivity index (χ4n) is 4.06. The van der Waals surface area contributed by atoms with Crippen LogP contribution in [0.15, 0.2) is 24.3 Å². The van der Waals surface area contributed by atoms with Crippen molar-refractivity contribution in [1.29, 1.82) is 0 Å². The summed E-state index contributed by atoms with van der Waals surface area (Å²) < 4.78 is 11.0. The molecule has 0 spiro atoms. The molecule has 1 aliphatic rings. The molecule has 0 saturated heterocycles. The van der Waals surface area contributed by atoms with E-state index in [1.165, 1.54) is 44.1 Å². The molecule has 0 aliphatic heterocycles. The van der Waals surface area contributed by atoms with E-state index >= 15 is 0 Å². The molecule has 1 aliphatic carbocycles. The van der Waals surface area contributed by atoms with E-state index in [1.807, 2.05) is 6.92 Å². The third-order valence-corrected chi connectivity index (χ3v) is 5.75. The number of rotatable bonds is 12. The minimum atomic E-state index is -0.101. The van der Waals surface area contributed by atoms with Gasteiger partial charge in [0.2, 0.25) is 0 Å². The fourth-order valence-corrected chi connectivity index (χ4v) is 4.06. The van der Waals surface area contributed by atoms with Crippen molar-refractivity contribution in [2.24, 2.45) is 5.92 Å². The molecule has 0 unspecified atom stereocenters. The summed E-state index contributed by atoms with van der Waals surface area (Å²) >= 11 is 0. The van der Waals surface area contributed by atoms with Gasteiger partial charge in [0.1, 0.15) is 5.75 Å². The molecular weight excluding hydrogens is 336 g/mol. The molecule has 3 nitrogen and oxygen atoms in total. The first-order valence-corrected chi connectivity index (χ1v) is 11.1. The summed E-state index contributed by atoms with van der Waals surface area (Å²) in [5, 5.41) is 0. The molecular formula is C24H38O3. The lowest BCUT2D eigenvalue weighted by Crippen LogP contribution is -2.13. The Balaban J connectivity index is 1.56. The summed E-state index contributed by atoms with van der Waals surface area (Å²) in [6, 6.07) is 8.81. The number of ether oxygens (including phenoxy) is 2. The van der Waals surface area contributed by atoms with Crippen molar-refractivity contribution < 1.29 is 14.3 Å². The van der Waals surface area contributed by atoms with Gasteiger partial charge in [0.25, 0.3) is 0 Å². The second-order valence-electron chi connectivity index (χ2n) is 7.91. The van der Waals surface area contributed by atoms with Gasteiger partial charge < -0.3 is 9.47 Å². The second-order valence-corrected chi connectivity index (χ2v) is 7.91. The second kappa shape index (κ2) is 12.8. The first-order valence-electron chi connectivity index (χ1n) is 11.1. The molecule has 152 valence electrons. The van der Waals surface area contributed by atoms with E-state index < -0.39 is 0 Å². The molecule has 2 rings (SSSR count). The van der Waals surface area contributed by atoms with E-state index in [0.717, 1.165) is 49.9 Å². The molecule has 0 aromatic heterocycles. The van der Waals surface area contributed by atoms with Gasteiger partial charge in [-0.05, 0) is 80.9 Å². The first-order chi connectivity index (χ1) is 13.2. The zero-order chi connectivity index (χ0) is 19.3. The van der Waals surface area contributed by atoms with Crippen LogP contribution < -0.4 is 4.74 Å². The standard InChI is InChI=1S/C24H38O3/c1-3-9-20-10-12-21(13-11-20)22-14-16-23(17-15-22)26-18-7-5-6-8-19-27-24(25)4-2/h14-17,20-21H,3-13,18-19H2,1-2H3. The highest BCUT2D eigenvalue weighted by Gasteiger charge is 2.21. The summed E-state index contributed by atoms with van der Waals surface area (Å²) in [5.41, 5.74) is 1.49. The predicted molar refractivity (Wildman–Crippen MR) is 111 cm³/mol. The minimum absolute atomic E-state index is 0.101. The quantitative estimate of drug-likeness (QED) is 0.303. The van der Waals surface area contributed by atoms with Crippen LogP contribution in [-0.4, -0.2) is 19.2 Å². The first kappa shape index (κ1) is 21.8. The van der Waals surface area contributed by atoms with Gasteiger partial charge in [-0.15, -0.1) is 0 Å². The van der Waals surface area contributed by atoms with Crippen molar-refractivity contribution in [1.82, 2.24) is 0 Å². The molecule has 3 heteroatoms. The maximum atomic E-state index is 11.0. The molecule has 0 heterocycles. The number of hydrogen-bond donors (Lipinski definition) is 0. The lowest BCUT2D eigenvalue weighted by atomic mass is 9.77. The number of hydrogen-bond acceptors (Lipinski definition) is 3. The largest absolute Gasteiger partial charge is 0.494 e. The Morgan fingerprint density at radius 3 is 2.22 bits per heavy atom. The lowest BCUT2D eigenvalue weighted by molar-refractivity contribution is -0.143. The zero-order valence-electron chi connectivity index (χ0n) is 17.4. The van der Waals surface area contributed by atoms with Gasteiger partial charge in [0.15, 0.2) is 0 Å². The van der Waals surface area contributed by atoms with Gasteiger partial charge in [-0.2, -0.15) is 0 Å². The van der Waals surface area contributed by atoms with Crippen molar-refractivity contribution in [2.75, 3.05) is 13.2 Å². The Bertz CT molecular complexity index is 515. The SMILES string of the molecule is CCCC1CCC(c2ccc(OCCCCCCOC(=O)CC)cc2)CC1. The van der Waals surface area contributed by atoms with Crippen LogP contribution in [0, 0.1) is 5.92 Å². The Morgan fingerprint density at radius 2 is 1.59 bits per heavy atom. The highest BCUT2D eigenvalue weighted by molar-refractivity contribution is 5.68. The molecule has 0 atom stereocenters. The van der Waals surface area contributed by atoms with Gasteiger partial charge in [-0.25, -0.2) is 0 Å². The van der Waals surface area contributed by atoms with Crippen LogP contribution in [0.2, 0.25) is 0 Å². The molecule has 1 aromatic rings. The third kappa shape index (κ3) is 8.36. The van der Waals surface area contributed by atoms with Crippen molar-refractivity contribution in [3.05, 3.63) is 29.8 Å². The molecule has 0 bridgehead atoms. The highest BCUT2D eigenvalue weighted by atomic mass is 16.5. The molecule has 0 radical (unpaired) electrons. The number of carbonyl (C=O) groups excluding carboxylic acids is 1. The van der Waals surface area contributed by atoms with Gasteiger partial charge >= 0.3 is 5.97 Å². The van der Waals surface area contributed by atoms with Crippen LogP contribution in [0.3, 0.4) is 0 Å². The van der Waals surface area contributed by atoms with Crippen molar-refractivity contribution >= 4 is 5.97 Å². The lowest BCUT2D eigenvalue weighted by Gasteiger charge is -2.28. The summed E-state index contributed by atoms with van der Waals surface area (Å²) in [6.07, 6.45) is 12.9. The molecule has 1 fully saturated rings. The molecule has 27 heavy (non-hydrogen) atoms. The Morgan fingerprint density at radius 1 is 0.926 bits per heavy atom. The van der Waals surface area contributed by atoms with E-state index in [2.05, 4.69) is 31.2 Å². The average Bonchev–Trinajstić information content (AvgIpc) is 2.71. The number of benzene rings is 1. The maximum absolute atomic E-state index is 11.0. The number of unbranched alkanes of at least 4 members (excludes halogenated alkanes) is 3.